The first kappa shape index (κ1) is 17.5. The van der Waals surface area contributed by atoms with Crippen LogP contribution in [0.5, 0.6) is 11.5 Å². The van der Waals surface area contributed by atoms with Gasteiger partial charge in [-0.3, -0.25) is 4.79 Å². The number of likely N-dealkylation sites (tertiary alicyclic amines) is 1. The number of amides is 1. The highest BCUT2D eigenvalue weighted by molar-refractivity contribution is 5.95. The molecule has 23 heavy (non-hydrogen) atoms. The number of hydrogen-bond acceptors (Lipinski definition) is 4. The SMILES string of the molecule is CNCC1CCCN(C(=O)c2ccc(OC)c(OC(F)F)c2)C1. The average Bonchev–Trinajstić information content (AvgIpc) is 2.54. The number of halogens is 2. The molecule has 5 nitrogen and oxygen atoms in total. The van der Waals surface area contributed by atoms with E-state index in [9.17, 15) is 13.6 Å². The average molecular weight is 328 g/mol. The summed E-state index contributed by atoms with van der Waals surface area (Å²) in [7, 11) is 3.25. The van der Waals surface area contributed by atoms with Crippen molar-refractivity contribution in [2.45, 2.75) is 19.5 Å². The minimum absolute atomic E-state index is 0.128. The quantitative estimate of drug-likeness (QED) is 0.871. The molecule has 1 aromatic rings. The summed E-state index contributed by atoms with van der Waals surface area (Å²) in [5, 5.41) is 3.12. The fraction of sp³-hybridized carbons (Fsp3) is 0.562. The summed E-state index contributed by atoms with van der Waals surface area (Å²) in [5.74, 6) is 0.283. The number of ether oxygens (including phenoxy) is 2. The van der Waals surface area contributed by atoms with Crippen LogP contribution >= 0.6 is 0 Å². The Morgan fingerprint density at radius 2 is 2.22 bits per heavy atom. The topological polar surface area (TPSA) is 50.8 Å². The van der Waals surface area contributed by atoms with Gasteiger partial charge in [0.15, 0.2) is 11.5 Å². The molecule has 1 aliphatic heterocycles. The van der Waals surface area contributed by atoms with Crippen LogP contribution in [0.1, 0.15) is 23.2 Å². The van der Waals surface area contributed by atoms with Gasteiger partial charge in [0.1, 0.15) is 0 Å². The molecule has 0 bridgehead atoms. The number of benzene rings is 1. The third-order valence-corrected chi connectivity index (χ3v) is 3.93. The van der Waals surface area contributed by atoms with Crippen LogP contribution in [0, 0.1) is 5.92 Å². The molecule has 1 atom stereocenters. The van der Waals surface area contributed by atoms with Crippen LogP contribution in [0.4, 0.5) is 8.78 Å². The number of carbonyl (C=O) groups is 1. The maximum absolute atomic E-state index is 12.6. The number of nitrogens with one attached hydrogen (secondary N) is 1. The van der Waals surface area contributed by atoms with Crippen molar-refractivity contribution in [1.29, 1.82) is 0 Å². The predicted molar refractivity (Wildman–Crippen MR) is 82.2 cm³/mol. The van der Waals surface area contributed by atoms with Gasteiger partial charge in [-0.25, -0.2) is 0 Å². The van der Waals surface area contributed by atoms with E-state index in [-0.39, 0.29) is 17.4 Å². The number of alkyl halides is 2. The molecule has 0 radical (unpaired) electrons. The van der Waals surface area contributed by atoms with Crippen LogP contribution in [-0.4, -0.2) is 51.2 Å². The van der Waals surface area contributed by atoms with Crippen molar-refractivity contribution in [3.63, 3.8) is 0 Å². The molecule has 2 rings (SSSR count). The Hall–Kier alpha value is -1.89. The second kappa shape index (κ2) is 8.10. The van der Waals surface area contributed by atoms with Crippen molar-refractivity contribution < 1.29 is 23.0 Å². The van der Waals surface area contributed by atoms with Crippen molar-refractivity contribution in [2.24, 2.45) is 5.92 Å². The monoisotopic (exact) mass is 328 g/mol. The lowest BCUT2D eigenvalue weighted by Crippen LogP contribution is -2.42. The highest BCUT2D eigenvalue weighted by atomic mass is 19.3. The maximum Gasteiger partial charge on any atom is 0.387 e. The van der Waals surface area contributed by atoms with E-state index in [0.29, 0.717) is 24.6 Å². The number of hydrogen-bond donors (Lipinski definition) is 1. The van der Waals surface area contributed by atoms with Gasteiger partial charge >= 0.3 is 6.61 Å². The zero-order valence-electron chi connectivity index (χ0n) is 13.4. The maximum atomic E-state index is 12.6. The van der Waals surface area contributed by atoms with Gasteiger partial charge in [-0.15, -0.1) is 0 Å². The second-order valence-corrected chi connectivity index (χ2v) is 5.56. The van der Waals surface area contributed by atoms with Crippen LogP contribution in [0.25, 0.3) is 0 Å². The molecule has 1 unspecified atom stereocenters. The Kier molecular flexibility index (Phi) is 6.15. The molecule has 0 saturated carbocycles. The van der Waals surface area contributed by atoms with Gasteiger partial charge in [-0.1, -0.05) is 0 Å². The summed E-state index contributed by atoms with van der Waals surface area (Å²) >= 11 is 0. The molecule has 7 heteroatoms. The largest absolute Gasteiger partial charge is 0.493 e. The number of methoxy groups -OCH3 is 1. The summed E-state index contributed by atoms with van der Waals surface area (Å²) in [6, 6.07) is 4.36. The van der Waals surface area contributed by atoms with Crippen molar-refractivity contribution in [3.05, 3.63) is 23.8 Å². The third-order valence-electron chi connectivity index (χ3n) is 3.93. The lowest BCUT2D eigenvalue weighted by molar-refractivity contribution is -0.0512. The first-order chi connectivity index (χ1) is 11.0. The highest BCUT2D eigenvalue weighted by Gasteiger charge is 2.25. The molecule has 1 aromatic carbocycles. The van der Waals surface area contributed by atoms with Crippen molar-refractivity contribution in [3.8, 4) is 11.5 Å². The van der Waals surface area contributed by atoms with E-state index in [4.69, 9.17) is 4.74 Å². The van der Waals surface area contributed by atoms with Gasteiger partial charge < -0.3 is 19.7 Å². The molecule has 1 heterocycles. The van der Waals surface area contributed by atoms with E-state index in [0.717, 1.165) is 19.4 Å². The summed E-state index contributed by atoms with van der Waals surface area (Å²) < 4.78 is 34.4. The molecule has 1 amide bonds. The first-order valence-electron chi connectivity index (χ1n) is 7.62. The van der Waals surface area contributed by atoms with Gasteiger partial charge in [-0.05, 0) is 50.6 Å². The molecule has 0 aliphatic carbocycles. The lowest BCUT2D eigenvalue weighted by Gasteiger charge is -2.32. The van der Waals surface area contributed by atoms with E-state index in [1.165, 1.54) is 19.2 Å². The van der Waals surface area contributed by atoms with E-state index >= 15 is 0 Å². The van der Waals surface area contributed by atoms with Gasteiger partial charge in [0.05, 0.1) is 7.11 Å². The number of rotatable bonds is 6. The lowest BCUT2D eigenvalue weighted by atomic mass is 9.97. The molecule has 1 fully saturated rings. The van der Waals surface area contributed by atoms with Crippen molar-refractivity contribution in [1.82, 2.24) is 10.2 Å². The standard InChI is InChI=1S/C16H22F2N2O3/c1-19-9-11-4-3-7-20(10-11)15(21)12-5-6-13(22-2)14(8-12)23-16(17)18/h5-6,8,11,16,19H,3-4,7,9-10H2,1-2H3. The summed E-state index contributed by atoms with van der Waals surface area (Å²) in [6.07, 6.45) is 2.02. The van der Waals surface area contributed by atoms with E-state index in [1.54, 1.807) is 11.0 Å². The van der Waals surface area contributed by atoms with Crippen LogP contribution in [0.15, 0.2) is 18.2 Å². The first-order valence-corrected chi connectivity index (χ1v) is 7.62. The molecular weight excluding hydrogens is 306 g/mol. The smallest absolute Gasteiger partial charge is 0.387 e. The van der Waals surface area contributed by atoms with Crippen LogP contribution in [0.2, 0.25) is 0 Å². The molecular formula is C16H22F2N2O3. The van der Waals surface area contributed by atoms with Crippen LogP contribution in [-0.2, 0) is 0 Å². The second-order valence-electron chi connectivity index (χ2n) is 5.56. The zero-order chi connectivity index (χ0) is 16.8. The Bertz CT molecular complexity index is 538. The van der Waals surface area contributed by atoms with Gasteiger partial charge in [0.2, 0.25) is 0 Å². The molecule has 128 valence electrons. The molecule has 1 saturated heterocycles. The van der Waals surface area contributed by atoms with E-state index < -0.39 is 6.61 Å². The van der Waals surface area contributed by atoms with Crippen molar-refractivity contribution >= 4 is 5.91 Å². The predicted octanol–water partition coefficient (Wildman–Crippen LogP) is 2.37. The minimum atomic E-state index is -2.97. The fourth-order valence-corrected chi connectivity index (χ4v) is 2.89. The normalized spacial score (nSPS) is 18.1. The zero-order valence-corrected chi connectivity index (χ0v) is 13.4. The Balaban J connectivity index is 2.15. The van der Waals surface area contributed by atoms with Gasteiger partial charge in [0.25, 0.3) is 5.91 Å². The van der Waals surface area contributed by atoms with Crippen molar-refractivity contribution in [2.75, 3.05) is 33.8 Å². The fourth-order valence-electron chi connectivity index (χ4n) is 2.89. The molecule has 0 aromatic heterocycles. The van der Waals surface area contributed by atoms with Crippen LogP contribution in [0.3, 0.4) is 0 Å². The Morgan fingerprint density at radius 3 is 2.87 bits per heavy atom. The number of nitrogens with zero attached hydrogens (tertiary/aromatic N) is 1. The Labute approximate surface area is 134 Å². The van der Waals surface area contributed by atoms with E-state index in [1.807, 2.05) is 7.05 Å². The minimum Gasteiger partial charge on any atom is -0.493 e. The summed E-state index contributed by atoms with van der Waals surface area (Å²) in [5.41, 5.74) is 0.326. The van der Waals surface area contributed by atoms with E-state index in [2.05, 4.69) is 10.1 Å². The van der Waals surface area contributed by atoms with Crippen LogP contribution < -0.4 is 14.8 Å². The molecule has 0 spiro atoms. The molecule has 1 N–H and O–H groups in total. The molecule has 1 aliphatic rings. The number of piperidine rings is 1. The van der Waals surface area contributed by atoms with Gasteiger partial charge in [-0.2, -0.15) is 8.78 Å². The Morgan fingerprint density at radius 1 is 1.43 bits per heavy atom. The number of carbonyl (C=O) groups excluding carboxylic acids is 1. The third kappa shape index (κ3) is 4.54. The highest BCUT2D eigenvalue weighted by Crippen LogP contribution is 2.30. The summed E-state index contributed by atoms with van der Waals surface area (Å²) in [6.45, 7) is -0.775. The van der Waals surface area contributed by atoms with Gasteiger partial charge in [0, 0.05) is 18.7 Å². The summed E-state index contributed by atoms with van der Waals surface area (Å²) in [4.78, 5) is 14.4.